The lowest BCUT2D eigenvalue weighted by atomic mass is 9.81. The van der Waals surface area contributed by atoms with Crippen LogP contribution in [0.2, 0.25) is 0 Å². The van der Waals surface area contributed by atoms with E-state index < -0.39 is 11.7 Å². The molecule has 204 valence electrons. The summed E-state index contributed by atoms with van der Waals surface area (Å²) in [6.45, 7) is 3.84. The van der Waals surface area contributed by atoms with E-state index in [1.807, 2.05) is 18.2 Å². The minimum atomic E-state index is -0.591. The Bertz CT molecular complexity index is 1420. The number of nitrogens with one attached hydrogen (secondary N) is 3. The van der Waals surface area contributed by atoms with E-state index in [-0.39, 0.29) is 23.9 Å². The molecule has 0 spiro atoms. The highest BCUT2D eigenvalue weighted by atomic mass is 19.1. The van der Waals surface area contributed by atoms with Crippen molar-refractivity contribution in [1.82, 2.24) is 20.8 Å². The first-order chi connectivity index (χ1) is 18.9. The number of rotatable bonds is 10. The summed E-state index contributed by atoms with van der Waals surface area (Å²) >= 11 is 0. The number of nitrogens with zero attached hydrogens (tertiary/aromatic N) is 1. The van der Waals surface area contributed by atoms with Crippen molar-refractivity contribution in [2.24, 2.45) is 5.92 Å². The average Bonchev–Trinajstić information content (AvgIpc) is 3.43. The highest BCUT2D eigenvalue weighted by Gasteiger charge is 2.28. The number of aromatic amines is 1. The van der Waals surface area contributed by atoms with Gasteiger partial charge in [0.15, 0.2) is 0 Å². The highest BCUT2D eigenvalue weighted by Crippen LogP contribution is 2.32. The van der Waals surface area contributed by atoms with E-state index in [2.05, 4.69) is 26.8 Å². The molecular weight excluding hydrogens is 499 g/mol. The molecule has 3 N–H and O–H groups in total. The molecule has 1 fully saturated rings. The quantitative estimate of drug-likeness (QED) is 0.205. The number of halogens is 1. The van der Waals surface area contributed by atoms with Crippen molar-refractivity contribution < 1.29 is 23.4 Å². The number of amides is 1. The molecule has 0 radical (unpaired) electrons. The number of carbonyl (C=O) groups excluding carboxylic acids is 1. The molecule has 1 aliphatic rings. The fraction of sp³-hybridized carbons (Fsp3) is 0.333. The van der Waals surface area contributed by atoms with Gasteiger partial charge >= 0.3 is 0 Å². The molecule has 1 saturated heterocycles. The third-order valence-electron chi connectivity index (χ3n) is 7.04. The molecule has 1 aliphatic heterocycles. The fourth-order valence-electron chi connectivity index (χ4n) is 4.82. The van der Waals surface area contributed by atoms with E-state index >= 15 is 0 Å². The predicted octanol–water partition coefficient (Wildman–Crippen LogP) is 4.29. The average molecular weight is 533 g/mol. The van der Waals surface area contributed by atoms with Crippen molar-refractivity contribution in [3.63, 3.8) is 0 Å². The van der Waals surface area contributed by atoms with Gasteiger partial charge in [0.2, 0.25) is 0 Å². The smallest absolute Gasteiger partial charge is 0.254 e. The third-order valence-corrected chi connectivity index (χ3v) is 7.04. The largest absolute Gasteiger partial charge is 0.501 e. The molecule has 2 atom stereocenters. The normalized spacial score (nSPS) is 18.2. The number of terminal acetylenes is 1. The Morgan fingerprint density at radius 2 is 2.10 bits per heavy atom. The Morgan fingerprint density at radius 1 is 1.26 bits per heavy atom. The summed E-state index contributed by atoms with van der Waals surface area (Å²) in [6, 6.07) is 10.6. The molecule has 2 heterocycles. The molecule has 2 aromatic carbocycles. The van der Waals surface area contributed by atoms with Gasteiger partial charge in [0.25, 0.3) is 5.91 Å². The molecule has 9 heteroatoms. The molecular formula is C30H33FN4O4. The van der Waals surface area contributed by atoms with Crippen LogP contribution < -0.4 is 15.4 Å². The van der Waals surface area contributed by atoms with Gasteiger partial charge in [-0.2, -0.15) is 5.10 Å². The SMILES string of the molecule is C#C/C=C(OC)\C(CNC(=O)c1cc([C@@H]2CCNC[C@H]2COc2ccc3[nH]ncc3c2)ccc1F)=C(/C)OC. The number of ether oxygens (including phenoxy) is 3. The molecule has 0 unspecified atom stereocenters. The molecule has 1 aromatic heterocycles. The van der Waals surface area contributed by atoms with Crippen molar-refractivity contribution in [1.29, 1.82) is 0 Å². The second-order valence-corrected chi connectivity index (χ2v) is 9.33. The van der Waals surface area contributed by atoms with Gasteiger partial charge < -0.3 is 24.8 Å². The zero-order valence-electron chi connectivity index (χ0n) is 22.3. The van der Waals surface area contributed by atoms with Crippen LogP contribution in [0.4, 0.5) is 4.39 Å². The Labute approximate surface area is 227 Å². The molecule has 3 aromatic rings. The van der Waals surface area contributed by atoms with Crippen LogP contribution in [-0.2, 0) is 9.47 Å². The van der Waals surface area contributed by atoms with Gasteiger partial charge in [-0.3, -0.25) is 9.89 Å². The first kappa shape index (κ1) is 27.7. The van der Waals surface area contributed by atoms with E-state index in [1.54, 1.807) is 25.3 Å². The van der Waals surface area contributed by atoms with Gasteiger partial charge in [0.1, 0.15) is 23.1 Å². The Kier molecular flexibility index (Phi) is 9.23. The van der Waals surface area contributed by atoms with Crippen LogP contribution in [0.3, 0.4) is 0 Å². The molecule has 4 rings (SSSR count). The van der Waals surface area contributed by atoms with Gasteiger partial charge in [-0.1, -0.05) is 12.0 Å². The van der Waals surface area contributed by atoms with Crippen molar-refractivity contribution in [3.8, 4) is 18.1 Å². The molecule has 39 heavy (non-hydrogen) atoms. The van der Waals surface area contributed by atoms with Gasteiger partial charge in [-0.05, 0) is 61.7 Å². The maximum atomic E-state index is 14.8. The zero-order valence-corrected chi connectivity index (χ0v) is 22.3. The minimum Gasteiger partial charge on any atom is -0.501 e. The minimum absolute atomic E-state index is 0.0228. The van der Waals surface area contributed by atoms with Crippen molar-refractivity contribution in [2.75, 3.05) is 40.5 Å². The predicted molar refractivity (Wildman–Crippen MR) is 148 cm³/mol. The second-order valence-electron chi connectivity index (χ2n) is 9.33. The maximum absolute atomic E-state index is 14.8. The summed E-state index contributed by atoms with van der Waals surface area (Å²) in [4.78, 5) is 13.1. The number of hydrogen-bond donors (Lipinski definition) is 3. The molecule has 0 aliphatic carbocycles. The summed E-state index contributed by atoms with van der Waals surface area (Å²) in [6.07, 6.45) is 9.44. The number of hydrogen-bond acceptors (Lipinski definition) is 6. The van der Waals surface area contributed by atoms with E-state index in [0.717, 1.165) is 41.7 Å². The van der Waals surface area contributed by atoms with Crippen LogP contribution in [0.5, 0.6) is 5.75 Å². The third kappa shape index (κ3) is 6.59. The first-order valence-corrected chi connectivity index (χ1v) is 12.7. The topological polar surface area (TPSA) is 97.5 Å². The highest BCUT2D eigenvalue weighted by molar-refractivity contribution is 5.95. The number of methoxy groups -OCH3 is 2. The lowest BCUT2D eigenvalue weighted by molar-refractivity contribution is 0.0952. The second kappa shape index (κ2) is 13.0. The number of aromatic nitrogens is 2. The zero-order chi connectivity index (χ0) is 27.8. The van der Waals surface area contributed by atoms with Crippen molar-refractivity contribution in [2.45, 2.75) is 19.3 Å². The molecule has 0 saturated carbocycles. The van der Waals surface area contributed by atoms with E-state index in [0.29, 0.717) is 23.7 Å². The van der Waals surface area contributed by atoms with Crippen molar-refractivity contribution >= 4 is 16.8 Å². The van der Waals surface area contributed by atoms with Gasteiger partial charge in [-0.25, -0.2) is 4.39 Å². The van der Waals surface area contributed by atoms with Gasteiger partial charge in [-0.15, -0.1) is 6.42 Å². The van der Waals surface area contributed by atoms with Crippen LogP contribution in [0.25, 0.3) is 10.9 Å². The Balaban J connectivity index is 1.49. The molecule has 8 nitrogen and oxygen atoms in total. The van der Waals surface area contributed by atoms with Crippen LogP contribution in [0.1, 0.15) is 35.2 Å². The van der Waals surface area contributed by atoms with Crippen LogP contribution in [0.15, 0.2) is 65.8 Å². The number of H-pyrrole nitrogens is 1. The van der Waals surface area contributed by atoms with E-state index in [4.69, 9.17) is 20.6 Å². The number of allylic oxidation sites excluding steroid dienone is 2. The van der Waals surface area contributed by atoms with E-state index in [1.165, 1.54) is 26.4 Å². The summed E-state index contributed by atoms with van der Waals surface area (Å²) in [5.74, 6) is 3.19. The van der Waals surface area contributed by atoms with Crippen LogP contribution >= 0.6 is 0 Å². The van der Waals surface area contributed by atoms with Gasteiger partial charge in [0, 0.05) is 23.9 Å². The number of piperidine rings is 1. The summed E-state index contributed by atoms with van der Waals surface area (Å²) < 4.78 is 31.7. The lowest BCUT2D eigenvalue weighted by Gasteiger charge is -2.32. The summed E-state index contributed by atoms with van der Waals surface area (Å²) in [5.41, 5.74) is 2.38. The standard InChI is InChI=1S/C30H33FN4O4/c1-5-6-29(38-4)26(19(2)37-3)17-33-30(36)25-14-20(7-9-27(25)31)24-11-12-32-15-22(24)18-39-23-8-10-28-21(13-23)16-34-35-28/h1,6-10,13-14,16,22,24,32H,11-12,15,17-18H2,2-4H3,(H,33,36)(H,34,35)/b26-19+,29-6+/t22-,24-/m0/s1. The fourth-order valence-corrected chi connectivity index (χ4v) is 4.82. The van der Waals surface area contributed by atoms with Crippen molar-refractivity contribution in [3.05, 3.63) is 82.7 Å². The Morgan fingerprint density at radius 3 is 2.87 bits per heavy atom. The molecule has 1 amide bonds. The first-order valence-electron chi connectivity index (χ1n) is 12.7. The van der Waals surface area contributed by atoms with Crippen LogP contribution in [-0.4, -0.2) is 56.6 Å². The summed E-state index contributed by atoms with van der Waals surface area (Å²) in [7, 11) is 2.99. The number of carbonyl (C=O) groups is 1. The van der Waals surface area contributed by atoms with E-state index in [9.17, 15) is 9.18 Å². The summed E-state index contributed by atoms with van der Waals surface area (Å²) in [5, 5.41) is 14.2. The van der Waals surface area contributed by atoms with Crippen LogP contribution in [0, 0.1) is 24.1 Å². The number of fused-ring (bicyclic) bond motifs is 1. The lowest BCUT2D eigenvalue weighted by Crippen LogP contribution is -2.38. The molecule has 0 bridgehead atoms. The Hall–Kier alpha value is -4.29. The van der Waals surface area contributed by atoms with Gasteiger partial charge in [0.05, 0.1) is 50.2 Å². The monoisotopic (exact) mass is 532 g/mol. The maximum Gasteiger partial charge on any atom is 0.254 e. The number of benzene rings is 2.